The Morgan fingerprint density at radius 1 is 0.933 bits per heavy atom. The Hall–Kier alpha value is -1.39. The average Bonchev–Trinajstić information content (AvgIpc) is 2.75. The summed E-state index contributed by atoms with van der Waals surface area (Å²) in [6.45, 7) is 4.49. The number of allylic oxidation sites excluding steroid dienone is 1. The maximum Gasteiger partial charge on any atom is 0.163 e. The lowest BCUT2D eigenvalue weighted by Gasteiger charge is -2.16. The van der Waals surface area contributed by atoms with Crippen LogP contribution < -0.4 is 14.8 Å². The van der Waals surface area contributed by atoms with Crippen LogP contribution in [0.4, 0.5) is 0 Å². The second-order valence-corrected chi connectivity index (χ2v) is 8.62. The lowest BCUT2D eigenvalue weighted by atomic mass is 9.97. The molecule has 0 spiro atoms. The Balaban J connectivity index is 1.60. The van der Waals surface area contributed by atoms with E-state index in [0.717, 1.165) is 24.1 Å². The summed E-state index contributed by atoms with van der Waals surface area (Å²) >= 11 is 18.6. The summed E-state index contributed by atoms with van der Waals surface area (Å²) in [4.78, 5) is 0. The summed E-state index contributed by atoms with van der Waals surface area (Å²) in [6.07, 6.45) is 8.60. The fourth-order valence-electron chi connectivity index (χ4n) is 3.49. The molecule has 0 unspecified atom stereocenters. The third-order valence-corrected chi connectivity index (χ3v) is 6.21. The number of hydrogen-bond acceptors (Lipinski definition) is 3. The van der Waals surface area contributed by atoms with E-state index in [4.69, 9.17) is 44.3 Å². The molecule has 162 valence electrons. The average molecular weight is 469 g/mol. The van der Waals surface area contributed by atoms with Crippen molar-refractivity contribution in [2.24, 2.45) is 0 Å². The SMILES string of the molecule is CCOc1cc(CNCCC2=CCCCC2)c(Cl)cc1OCc1ccc(Cl)c(Cl)c1. The molecule has 0 amide bonds. The molecule has 3 rings (SSSR count). The summed E-state index contributed by atoms with van der Waals surface area (Å²) in [5, 5.41) is 5.19. The van der Waals surface area contributed by atoms with Gasteiger partial charge in [0.15, 0.2) is 11.5 Å². The van der Waals surface area contributed by atoms with E-state index in [-0.39, 0.29) is 0 Å². The first-order valence-corrected chi connectivity index (χ1v) is 11.6. The van der Waals surface area contributed by atoms with Crippen molar-refractivity contribution in [3.8, 4) is 11.5 Å². The van der Waals surface area contributed by atoms with E-state index < -0.39 is 0 Å². The molecule has 2 aromatic carbocycles. The van der Waals surface area contributed by atoms with Gasteiger partial charge in [-0.3, -0.25) is 0 Å². The zero-order chi connectivity index (χ0) is 21.3. The van der Waals surface area contributed by atoms with Gasteiger partial charge in [-0.15, -0.1) is 0 Å². The first kappa shape index (κ1) is 23.3. The van der Waals surface area contributed by atoms with Crippen molar-refractivity contribution < 1.29 is 9.47 Å². The Bertz CT molecular complexity index is 883. The first-order chi connectivity index (χ1) is 14.6. The fraction of sp³-hybridized carbons (Fsp3) is 0.417. The minimum Gasteiger partial charge on any atom is -0.490 e. The summed E-state index contributed by atoms with van der Waals surface area (Å²) in [7, 11) is 0. The van der Waals surface area contributed by atoms with Crippen LogP contribution in [0, 0.1) is 0 Å². The highest BCUT2D eigenvalue weighted by atomic mass is 35.5. The summed E-state index contributed by atoms with van der Waals surface area (Å²) in [5.74, 6) is 1.30. The number of hydrogen-bond donors (Lipinski definition) is 1. The maximum atomic E-state index is 6.53. The predicted molar refractivity (Wildman–Crippen MR) is 126 cm³/mol. The van der Waals surface area contributed by atoms with Gasteiger partial charge in [0, 0.05) is 17.6 Å². The van der Waals surface area contributed by atoms with E-state index >= 15 is 0 Å². The number of halogens is 3. The molecule has 1 N–H and O–H groups in total. The van der Waals surface area contributed by atoms with Gasteiger partial charge in [0.25, 0.3) is 0 Å². The molecular weight excluding hydrogens is 441 g/mol. The molecule has 0 aromatic heterocycles. The van der Waals surface area contributed by atoms with Crippen LogP contribution >= 0.6 is 34.8 Å². The molecule has 3 nitrogen and oxygen atoms in total. The van der Waals surface area contributed by atoms with Crippen molar-refractivity contribution >= 4 is 34.8 Å². The van der Waals surface area contributed by atoms with Crippen LogP contribution in [0.3, 0.4) is 0 Å². The van der Waals surface area contributed by atoms with E-state index in [9.17, 15) is 0 Å². The van der Waals surface area contributed by atoms with Crippen LogP contribution in [0.25, 0.3) is 0 Å². The molecule has 0 saturated heterocycles. The second kappa shape index (κ2) is 11.9. The van der Waals surface area contributed by atoms with Crippen LogP contribution in [-0.4, -0.2) is 13.2 Å². The lowest BCUT2D eigenvalue weighted by Crippen LogP contribution is -2.16. The Labute approximate surface area is 194 Å². The van der Waals surface area contributed by atoms with Crippen LogP contribution in [0.1, 0.15) is 50.2 Å². The normalized spacial score (nSPS) is 13.8. The van der Waals surface area contributed by atoms with Crippen molar-refractivity contribution in [1.29, 1.82) is 0 Å². The Kier molecular flexibility index (Phi) is 9.20. The van der Waals surface area contributed by atoms with Gasteiger partial charge >= 0.3 is 0 Å². The topological polar surface area (TPSA) is 30.5 Å². The second-order valence-electron chi connectivity index (χ2n) is 7.40. The summed E-state index contributed by atoms with van der Waals surface area (Å²) in [5.41, 5.74) is 3.49. The molecule has 0 bridgehead atoms. The van der Waals surface area contributed by atoms with E-state index in [2.05, 4.69) is 11.4 Å². The number of ether oxygens (including phenoxy) is 2. The molecule has 2 aromatic rings. The summed E-state index contributed by atoms with van der Waals surface area (Å²) in [6, 6.07) is 9.23. The molecule has 0 saturated carbocycles. The summed E-state index contributed by atoms with van der Waals surface area (Å²) < 4.78 is 11.8. The van der Waals surface area contributed by atoms with Crippen LogP contribution in [0.5, 0.6) is 11.5 Å². The molecule has 0 heterocycles. The van der Waals surface area contributed by atoms with Gasteiger partial charge in [0.05, 0.1) is 16.7 Å². The molecule has 1 aliphatic carbocycles. The van der Waals surface area contributed by atoms with Crippen molar-refractivity contribution in [2.45, 2.75) is 52.2 Å². The molecule has 0 atom stereocenters. The fourth-order valence-corrected chi connectivity index (χ4v) is 4.03. The van der Waals surface area contributed by atoms with Crippen LogP contribution in [-0.2, 0) is 13.2 Å². The quantitative estimate of drug-likeness (QED) is 0.287. The molecular formula is C24H28Cl3NO2. The van der Waals surface area contributed by atoms with Gasteiger partial charge in [0.2, 0.25) is 0 Å². The highest BCUT2D eigenvalue weighted by Gasteiger charge is 2.12. The standard InChI is InChI=1S/C24H28Cl3NO2/c1-2-29-23-13-19(15-28-11-10-17-6-4-3-5-7-17)21(26)14-24(23)30-16-18-8-9-20(25)22(27)12-18/h6,8-9,12-14,28H,2-5,7,10-11,15-16H2,1H3. The highest BCUT2D eigenvalue weighted by molar-refractivity contribution is 6.42. The number of benzene rings is 2. The van der Waals surface area contributed by atoms with Gasteiger partial charge in [-0.1, -0.05) is 52.5 Å². The van der Waals surface area contributed by atoms with Gasteiger partial charge in [-0.25, -0.2) is 0 Å². The monoisotopic (exact) mass is 467 g/mol. The van der Waals surface area contributed by atoms with E-state index in [1.54, 1.807) is 17.7 Å². The highest BCUT2D eigenvalue weighted by Crippen LogP contribution is 2.34. The Morgan fingerprint density at radius 2 is 1.77 bits per heavy atom. The molecule has 1 aliphatic rings. The van der Waals surface area contributed by atoms with E-state index in [1.165, 1.54) is 25.7 Å². The van der Waals surface area contributed by atoms with Crippen molar-refractivity contribution in [1.82, 2.24) is 5.32 Å². The third-order valence-electron chi connectivity index (χ3n) is 5.11. The van der Waals surface area contributed by atoms with Crippen molar-refractivity contribution in [3.63, 3.8) is 0 Å². The zero-order valence-electron chi connectivity index (χ0n) is 17.3. The van der Waals surface area contributed by atoms with Gasteiger partial charge < -0.3 is 14.8 Å². The molecule has 6 heteroatoms. The van der Waals surface area contributed by atoms with Crippen molar-refractivity contribution in [3.05, 3.63) is 68.2 Å². The van der Waals surface area contributed by atoms with Gasteiger partial charge in [0.1, 0.15) is 6.61 Å². The van der Waals surface area contributed by atoms with Gasteiger partial charge in [-0.05, 0) is 74.9 Å². The molecule has 0 aliphatic heterocycles. The molecule has 0 radical (unpaired) electrons. The minimum absolute atomic E-state index is 0.347. The predicted octanol–water partition coefficient (Wildman–Crippen LogP) is 7.60. The van der Waals surface area contributed by atoms with Crippen molar-refractivity contribution in [2.75, 3.05) is 13.2 Å². The Morgan fingerprint density at radius 3 is 2.50 bits per heavy atom. The molecule has 30 heavy (non-hydrogen) atoms. The molecule has 0 fully saturated rings. The zero-order valence-corrected chi connectivity index (χ0v) is 19.5. The number of rotatable bonds is 10. The first-order valence-electron chi connectivity index (χ1n) is 10.5. The smallest absolute Gasteiger partial charge is 0.163 e. The van der Waals surface area contributed by atoms with Crippen LogP contribution in [0.2, 0.25) is 15.1 Å². The maximum absolute atomic E-state index is 6.53. The van der Waals surface area contributed by atoms with Gasteiger partial charge in [-0.2, -0.15) is 0 Å². The van der Waals surface area contributed by atoms with E-state index in [1.807, 2.05) is 25.1 Å². The largest absolute Gasteiger partial charge is 0.490 e. The minimum atomic E-state index is 0.347. The van der Waals surface area contributed by atoms with Crippen LogP contribution in [0.15, 0.2) is 42.0 Å². The van der Waals surface area contributed by atoms with E-state index in [0.29, 0.717) is 46.3 Å². The lowest BCUT2D eigenvalue weighted by molar-refractivity contribution is 0.269. The third kappa shape index (κ3) is 6.81. The number of nitrogens with one attached hydrogen (secondary N) is 1.